The number of hydrogen-bond acceptors (Lipinski definition) is 4. The number of nitrogens with two attached hydrogens (primary N) is 2. The van der Waals surface area contributed by atoms with Gasteiger partial charge in [0.05, 0.1) is 5.69 Å². The summed E-state index contributed by atoms with van der Waals surface area (Å²) in [5, 5.41) is 0. The van der Waals surface area contributed by atoms with Crippen LogP contribution in [0.15, 0.2) is 36.4 Å². The normalized spacial score (nSPS) is 10.9. The molecule has 4 nitrogen and oxygen atoms in total. The molecule has 92 valence electrons. The van der Waals surface area contributed by atoms with Crippen molar-refractivity contribution >= 4 is 17.8 Å². The van der Waals surface area contributed by atoms with Crippen LogP contribution in [-0.2, 0) is 6.42 Å². The Kier molecular flexibility index (Phi) is 3.57. The summed E-state index contributed by atoms with van der Waals surface area (Å²) in [5.41, 5.74) is 14.2. The summed E-state index contributed by atoms with van der Waals surface area (Å²) in [6.07, 6.45) is 4.84. The molecule has 2 rings (SSSR count). The molecule has 18 heavy (non-hydrogen) atoms. The van der Waals surface area contributed by atoms with E-state index in [1.54, 1.807) is 0 Å². The summed E-state index contributed by atoms with van der Waals surface area (Å²) in [6, 6.07) is 10.2. The summed E-state index contributed by atoms with van der Waals surface area (Å²) < 4.78 is 0. The van der Waals surface area contributed by atoms with Gasteiger partial charge in [-0.3, -0.25) is 0 Å². The summed E-state index contributed by atoms with van der Waals surface area (Å²) in [5.74, 6) is 0.634. The van der Waals surface area contributed by atoms with E-state index >= 15 is 0 Å². The van der Waals surface area contributed by atoms with Crippen LogP contribution >= 0.6 is 0 Å². The van der Waals surface area contributed by atoms with Gasteiger partial charge in [-0.1, -0.05) is 42.5 Å². The number of nitrogens with zero attached hydrogens (tertiary/aromatic N) is 2. The van der Waals surface area contributed by atoms with Crippen molar-refractivity contribution in [2.75, 3.05) is 11.5 Å². The maximum atomic E-state index is 5.82. The first-order valence-electron chi connectivity index (χ1n) is 5.77. The van der Waals surface area contributed by atoms with Crippen LogP contribution in [0.25, 0.3) is 6.08 Å². The minimum atomic E-state index is 0.213. The molecule has 4 heteroatoms. The van der Waals surface area contributed by atoms with Crippen molar-refractivity contribution in [2.24, 2.45) is 0 Å². The van der Waals surface area contributed by atoms with Gasteiger partial charge in [0.25, 0.3) is 0 Å². The Balaban J connectivity index is 2.15. The van der Waals surface area contributed by atoms with Gasteiger partial charge in [-0.2, -0.15) is 4.98 Å². The second-order valence-corrected chi connectivity index (χ2v) is 4.06. The molecule has 0 spiro atoms. The summed E-state index contributed by atoms with van der Waals surface area (Å²) in [4.78, 5) is 8.05. The lowest BCUT2D eigenvalue weighted by Gasteiger charge is -2.04. The van der Waals surface area contributed by atoms with Crippen molar-refractivity contribution in [3.8, 4) is 0 Å². The molecule has 0 aliphatic rings. The molecule has 0 saturated heterocycles. The molecular weight excluding hydrogens is 224 g/mol. The van der Waals surface area contributed by atoms with Crippen LogP contribution in [0, 0.1) is 6.92 Å². The van der Waals surface area contributed by atoms with Crippen molar-refractivity contribution in [1.82, 2.24) is 9.97 Å². The van der Waals surface area contributed by atoms with E-state index < -0.39 is 0 Å². The van der Waals surface area contributed by atoms with E-state index in [4.69, 9.17) is 11.5 Å². The Bertz CT molecular complexity index is 538. The highest BCUT2D eigenvalue weighted by atomic mass is 15.0. The Morgan fingerprint density at radius 3 is 2.50 bits per heavy atom. The van der Waals surface area contributed by atoms with Crippen LogP contribution in [0.1, 0.15) is 16.8 Å². The fourth-order valence-electron chi connectivity index (χ4n) is 1.76. The molecule has 0 unspecified atom stereocenters. The highest BCUT2D eigenvalue weighted by Gasteiger charge is 2.03. The SMILES string of the molecule is Cc1nc(N)nc(N)c1/C=C/Cc1ccccc1. The quantitative estimate of drug-likeness (QED) is 0.862. The second kappa shape index (κ2) is 5.31. The molecule has 4 N–H and O–H groups in total. The number of allylic oxidation sites excluding steroid dienone is 1. The fourth-order valence-corrected chi connectivity index (χ4v) is 1.76. The molecule has 0 aliphatic heterocycles. The van der Waals surface area contributed by atoms with Gasteiger partial charge in [-0.25, -0.2) is 4.98 Å². The average Bonchev–Trinajstić information content (AvgIpc) is 2.34. The number of rotatable bonds is 3. The minimum Gasteiger partial charge on any atom is -0.383 e. The van der Waals surface area contributed by atoms with E-state index in [2.05, 4.69) is 22.1 Å². The summed E-state index contributed by atoms with van der Waals surface area (Å²) >= 11 is 0. The van der Waals surface area contributed by atoms with Crippen LogP contribution in [-0.4, -0.2) is 9.97 Å². The van der Waals surface area contributed by atoms with E-state index in [9.17, 15) is 0 Å². The number of hydrogen-bond donors (Lipinski definition) is 2. The highest BCUT2D eigenvalue weighted by molar-refractivity contribution is 5.64. The topological polar surface area (TPSA) is 77.8 Å². The van der Waals surface area contributed by atoms with Crippen molar-refractivity contribution in [1.29, 1.82) is 0 Å². The number of benzene rings is 1. The maximum absolute atomic E-state index is 5.82. The number of nitrogen functional groups attached to an aromatic ring is 2. The lowest BCUT2D eigenvalue weighted by atomic mass is 10.1. The van der Waals surface area contributed by atoms with Crippen molar-refractivity contribution < 1.29 is 0 Å². The zero-order chi connectivity index (χ0) is 13.0. The highest BCUT2D eigenvalue weighted by Crippen LogP contribution is 2.16. The summed E-state index contributed by atoms with van der Waals surface area (Å²) in [7, 11) is 0. The van der Waals surface area contributed by atoms with Crippen LogP contribution in [0.5, 0.6) is 0 Å². The monoisotopic (exact) mass is 240 g/mol. The third-order valence-electron chi connectivity index (χ3n) is 2.66. The molecule has 0 radical (unpaired) electrons. The fraction of sp³-hybridized carbons (Fsp3) is 0.143. The van der Waals surface area contributed by atoms with E-state index in [1.165, 1.54) is 5.56 Å². The van der Waals surface area contributed by atoms with Crippen LogP contribution in [0.4, 0.5) is 11.8 Å². The lowest BCUT2D eigenvalue weighted by Crippen LogP contribution is -2.04. The van der Waals surface area contributed by atoms with Gasteiger partial charge in [-0.05, 0) is 18.9 Å². The first-order chi connectivity index (χ1) is 8.66. The van der Waals surface area contributed by atoms with Gasteiger partial charge in [0.2, 0.25) is 5.95 Å². The number of anilines is 2. The largest absolute Gasteiger partial charge is 0.383 e. The first-order valence-corrected chi connectivity index (χ1v) is 5.77. The van der Waals surface area contributed by atoms with Gasteiger partial charge < -0.3 is 11.5 Å². The van der Waals surface area contributed by atoms with Gasteiger partial charge >= 0.3 is 0 Å². The Morgan fingerprint density at radius 1 is 1.11 bits per heavy atom. The third-order valence-corrected chi connectivity index (χ3v) is 2.66. The van der Waals surface area contributed by atoms with Crippen LogP contribution < -0.4 is 11.5 Å². The molecule has 1 aromatic heterocycles. The average molecular weight is 240 g/mol. The molecule has 0 amide bonds. The zero-order valence-corrected chi connectivity index (χ0v) is 10.3. The van der Waals surface area contributed by atoms with E-state index in [1.807, 2.05) is 37.3 Å². The molecule has 1 aromatic carbocycles. The Hall–Kier alpha value is -2.36. The molecule has 0 aliphatic carbocycles. The predicted molar refractivity (Wildman–Crippen MR) is 74.8 cm³/mol. The molecule has 2 aromatic rings. The molecule has 0 saturated carbocycles. The van der Waals surface area contributed by atoms with Crippen molar-refractivity contribution in [3.05, 3.63) is 53.2 Å². The molecule has 0 bridgehead atoms. The predicted octanol–water partition coefficient (Wildman–Crippen LogP) is 2.21. The standard InChI is InChI=1S/C14H16N4/c1-10-12(13(15)18-14(16)17-10)9-5-8-11-6-3-2-4-7-11/h2-7,9H,8H2,1H3,(H4,15,16,17,18)/b9-5+. The smallest absolute Gasteiger partial charge is 0.222 e. The summed E-state index contributed by atoms with van der Waals surface area (Å²) in [6.45, 7) is 1.87. The molecular formula is C14H16N4. The van der Waals surface area contributed by atoms with Gasteiger partial charge in [-0.15, -0.1) is 0 Å². The first kappa shape index (κ1) is 12.1. The molecule has 0 atom stereocenters. The van der Waals surface area contributed by atoms with Crippen molar-refractivity contribution in [2.45, 2.75) is 13.3 Å². The van der Waals surface area contributed by atoms with Crippen molar-refractivity contribution in [3.63, 3.8) is 0 Å². The van der Waals surface area contributed by atoms with Crippen LogP contribution in [0.2, 0.25) is 0 Å². The molecule has 1 heterocycles. The Labute approximate surface area is 106 Å². The second-order valence-electron chi connectivity index (χ2n) is 4.06. The van der Waals surface area contributed by atoms with Crippen LogP contribution in [0.3, 0.4) is 0 Å². The third kappa shape index (κ3) is 2.85. The Morgan fingerprint density at radius 2 is 1.83 bits per heavy atom. The molecule has 0 fully saturated rings. The zero-order valence-electron chi connectivity index (χ0n) is 10.3. The number of aromatic nitrogens is 2. The minimum absolute atomic E-state index is 0.213. The maximum Gasteiger partial charge on any atom is 0.222 e. The van der Waals surface area contributed by atoms with E-state index in [-0.39, 0.29) is 5.95 Å². The van der Waals surface area contributed by atoms with Gasteiger partial charge in [0.15, 0.2) is 0 Å². The van der Waals surface area contributed by atoms with Gasteiger partial charge in [0, 0.05) is 5.56 Å². The van der Waals surface area contributed by atoms with E-state index in [0.717, 1.165) is 17.7 Å². The van der Waals surface area contributed by atoms with Gasteiger partial charge in [0.1, 0.15) is 5.82 Å². The van der Waals surface area contributed by atoms with E-state index in [0.29, 0.717) is 5.82 Å². The lowest BCUT2D eigenvalue weighted by molar-refractivity contribution is 1.11. The number of aryl methyl sites for hydroxylation is 1.